The fraction of sp³-hybridized carbons (Fsp3) is 0.455. The van der Waals surface area contributed by atoms with Crippen LogP contribution in [0.25, 0.3) is 0 Å². The van der Waals surface area contributed by atoms with Gasteiger partial charge >= 0.3 is 13.1 Å². The Kier molecular flexibility index (Phi) is 6.30. The Morgan fingerprint density at radius 3 is 2.35 bits per heavy atom. The minimum absolute atomic E-state index is 0.142. The summed E-state index contributed by atoms with van der Waals surface area (Å²) < 4.78 is 27.5. The SMILES string of the molecule is CN1CC(N)=C(N2CC(Br)=CN=C2F)N1C(C(=O)O)c1ccc(B2OC(C)(C)C(C)(C)O2)cc1. The number of nitrogens with two attached hydrogens (primary N) is 1. The van der Waals surface area contributed by atoms with Gasteiger partial charge in [-0.1, -0.05) is 40.2 Å². The molecule has 0 spiro atoms. The molecule has 3 heterocycles. The van der Waals surface area contributed by atoms with Crippen LogP contribution in [-0.2, 0) is 14.1 Å². The summed E-state index contributed by atoms with van der Waals surface area (Å²) >= 11 is 3.34. The molecule has 3 N–H and O–H groups in total. The summed E-state index contributed by atoms with van der Waals surface area (Å²) in [5, 5.41) is 13.3. The van der Waals surface area contributed by atoms with Crippen molar-refractivity contribution >= 4 is 40.6 Å². The van der Waals surface area contributed by atoms with Gasteiger partial charge in [-0.2, -0.15) is 4.39 Å². The highest BCUT2D eigenvalue weighted by atomic mass is 79.9. The summed E-state index contributed by atoms with van der Waals surface area (Å²) in [4.78, 5) is 17.5. The van der Waals surface area contributed by atoms with Crippen LogP contribution in [0.5, 0.6) is 0 Å². The second-order valence-corrected chi connectivity index (χ2v) is 10.6. The van der Waals surface area contributed by atoms with Crippen LogP contribution in [-0.4, -0.2) is 70.5 Å². The number of aliphatic imine (C=N–C) groups is 1. The first-order valence-electron chi connectivity index (χ1n) is 10.8. The summed E-state index contributed by atoms with van der Waals surface area (Å²) in [6, 6.07) is 5.87. The number of halogens is 2. The van der Waals surface area contributed by atoms with Gasteiger partial charge in [-0.05, 0) is 38.7 Å². The Morgan fingerprint density at radius 1 is 1.21 bits per heavy atom. The molecule has 0 radical (unpaired) electrons. The van der Waals surface area contributed by atoms with E-state index in [1.807, 2.05) is 27.7 Å². The Morgan fingerprint density at radius 2 is 1.79 bits per heavy atom. The number of hydrogen-bond donors (Lipinski definition) is 2. The second-order valence-electron chi connectivity index (χ2n) is 9.57. The van der Waals surface area contributed by atoms with Gasteiger partial charge in [0.25, 0.3) is 6.09 Å². The van der Waals surface area contributed by atoms with E-state index in [2.05, 4.69) is 20.9 Å². The summed E-state index contributed by atoms with van der Waals surface area (Å²) in [6.07, 6.45) is 0.607. The third-order valence-electron chi connectivity index (χ3n) is 6.63. The van der Waals surface area contributed by atoms with Gasteiger partial charge in [-0.25, -0.2) is 14.8 Å². The topological polar surface area (TPSA) is 104 Å². The number of carbonyl (C=O) groups is 1. The van der Waals surface area contributed by atoms with Gasteiger partial charge in [0.05, 0.1) is 30.0 Å². The maximum absolute atomic E-state index is 14.7. The molecular weight excluding hydrogens is 508 g/mol. The van der Waals surface area contributed by atoms with Gasteiger partial charge in [-0.3, -0.25) is 9.91 Å². The van der Waals surface area contributed by atoms with Crippen LogP contribution in [0.2, 0.25) is 0 Å². The average molecular weight is 536 g/mol. The lowest BCUT2D eigenvalue weighted by atomic mass is 9.78. The predicted molar refractivity (Wildman–Crippen MR) is 130 cm³/mol. The molecule has 0 bridgehead atoms. The number of likely N-dealkylation sites (N-methyl/N-ethyl adjacent to an activating group) is 1. The largest absolute Gasteiger partial charge is 0.494 e. The van der Waals surface area contributed by atoms with E-state index in [-0.39, 0.29) is 18.9 Å². The number of carboxylic acid groups (broad SMARTS) is 1. The van der Waals surface area contributed by atoms with Crippen molar-refractivity contribution in [2.45, 2.75) is 44.9 Å². The summed E-state index contributed by atoms with van der Waals surface area (Å²) in [6.45, 7) is 8.28. The van der Waals surface area contributed by atoms with Crippen LogP contribution < -0.4 is 11.2 Å². The highest BCUT2D eigenvalue weighted by Crippen LogP contribution is 2.37. The van der Waals surface area contributed by atoms with E-state index in [0.717, 1.165) is 5.46 Å². The molecule has 0 aliphatic carbocycles. The maximum Gasteiger partial charge on any atom is 0.494 e. The van der Waals surface area contributed by atoms with Gasteiger partial charge in [0.1, 0.15) is 5.82 Å². The maximum atomic E-state index is 14.7. The van der Waals surface area contributed by atoms with Crippen molar-refractivity contribution in [2.24, 2.45) is 10.7 Å². The first-order chi connectivity index (χ1) is 15.8. The zero-order valence-corrected chi connectivity index (χ0v) is 21.3. The van der Waals surface area contributed by atoms with Crippen molar-refractivity contribution in [1.82, 2.24) is 14.9 Å². The van der Waals surface area contributed by atoms with Gasteiger partial charge in [0.2, 0.25) is 0 Å². The molecule has 3 aliphatic rings. The van der Waals surface area contributed by atoms with Crippen LogP contribution in [0.3, 0.4) is 0 Å². The minimum Gasteiger partial charge on any atom is -0.479 e. The van der Waals surface area contributed by atoms with E-state index in [0.29, 0.717) is 15.7 Å². The monoisotopic (exact) mass is 535 g/mol. The lowest BCUT2D eigenvalue weighted by Crippen LogP contribution is -2.47. The van der Waals surface area contributed by atoms with Gasteiger partial charge in [0.15, 0.2) is 6.04 Å². The molecule has 1 unspecified atom stereocenters. The molecule has 34 heavy (non-hydrogen) atoms. The quantitative estimate of drug-likeness (QED) is 0.437. The Bertz CT molecular complexity index is 1080. The standard InChI is InChI=1S/C22H28BBrFN5O4/c1-21(2)22(3,4)34-23(33-21)14-8-6-13(7-9-14)17(19(31)32)30-18(16(26)12-28(30)5)29-11-15(24)10-27-20(29)25/h6-10,17H,11-12,26H2,1-5H3,(H,31,32). The van der Waals surface area contributed by atoms with Crippen molar-refractivity contribution in [1.29, 1.82) is 0 Å². The first-order valence-corrected chi connectivity index (χ1v) is 11.6. The van der Waals surface area contributed by atoms with Crippen LogP contribution in [0.4, 0.5) is 4.39 Å². The van der Waals surface area contributed by atoms with E-state index in [9.17, 15) is 14.3 Å². The molecule has 1 fully saturated rings. The third kappa shape index (κ3) is 4.23. The molecule has 0 saturated carbocycles. The van der Waals surface area contributed by atoms with E-state index in [4.69, 9.17) is 15.0 Å². The molecule has 12 heteroatoms. The Hall–Kier alpha value is -2.41. The molecule has 9 nitrogen and oxygen atoms in total. The molecule has 1 aromatic rings. The van der Waals surface area contributed by atoms with Crippen LogP contribution in [0, 0.1) is 0 Å². The van der Waals surface area contributed by atoms with Gasteiger partial charge in [0, 0.05) is 17.7 Å². The lowest BCUT2D eigenvalue weighted by Gasteiger charge is -2.38. The zero-order chi connectivity index (χ0) is 25.0. The molecule has 1 saturated heterocycles. The predicted octanol–water partition coefficient (Wildman–Crippen LogP) is 2.28. The number of hydrazine groups is 1. The Balaban J connectivity index is 1.65. The van der Waals surface area contributed by atoms with E-state index in [1.165, 1.54) is 16.1 Å². The number of rotatable bonds is 5. The number of amidine groups is 1. The van der Waals surface area contributed by atoms with Crippen LogP contribution in [0.1, 0.15) is 39.3 Å². The van der Waals surface area contributed by atoms with Crippen LogP contribution >= 0.6 is 15.9 Å². The molecule has 4 rings (SSSR count). The highest BCUT2D eigenvalue weighted by molar-refractivity contribution is 9.11. The fourth-order valence-electron chi connectivity index (χ4n) is 4.13. The number of carboxylic acids is 1. The molecule has 1 aromatic carbocycles. The second kappa shape index (κ2) is 8.67. The van der Waals surface area contributed by atoms with Crippen molar-refractivity contribution in [3.63, 3.8) is 0 Å². The zero-order valence-electron chi connectivity index (χ0n) is 19.7. The van der Waals surface area contributed by atoms with Crippen molar-refractivity contribution in [2.75, 3.05) is 20.1 Å². The van der Waals surface area contributed by atoms with Crippen molar-refractivity contribution < 1.29 is 23.6 Å². The molecule has 1 atom stereocenters. The summed E-state index contributed by atoms with van der Waals surface area (Å²) in [5.41, 5.74) is 6.88. The molecule has 0 amide bonds. The summed E-state index contributed by atoms with van der Waals surface area (Å²) in [5.74, 6) is -0.859. The number of nitrogens with zero attached hydrogens (tertiary/aromatic N) is 4. The smallest absolute Gasteiger partial charge is 0.479 e. The molecule has 0 aromatic heterocycles. The van der Waals surface area contributed by atoms with E-state index >= 15 is 0 Å². The molecule has 182 valence electrons. The lowest BCUT2D eigenvalue weighted by molar-refractivity contribution is -0.149. The number of aliphatic carboxylic acids is 1. The van der Waals surface area contributed by atoms with Crippen molar-refractivity contribution in [3.05, 3.63) is 52.0 Å². The normalized spacial score (nSPS) is 23.3. The third-order valence-corrected chi connectivity index (χ3v) is 7.08. The number of hydrogen-bond acceptors (Lipinski definition) is 8. The molecular formula is C22H28BBrFN5O4. The first kappa shape index (κ1) is 24.7. The number of benzene rings is 1. The highest BCUT2D eigenvalue weighted by Gasteiger charge is 2.51. The van der Waals surface area contributed by atoms with Gasteiger partial charge < -0.3 is 20.1 Å². The van der Waals surface area contributed by atoms with Crippen molar-refractivity contribution in [3.8, 4) is 0 Å². The summed E-state index contributed by atoms with van der Waals surface area (Å²) in [7, 11) is 1.14. The average Bonchev–Trinajstić information content (AvgIpc) is 3.14. The minimum atomic E-state index is -1.15. The van der Waals surface area contributed by atoms with E-state index in [1.54, 1.807) is 36.3 Å². The van der Waals surface area contributed by atoms with Gasteiger partial charge in [-0.15, -0.1) is 0 Å². The van der Waals surface area contributed by atoms with E-state index < -0.39 is 36.4 Å². The Labute approximate surface area is 206 Å². The molecule has 3 aliphatic heterocycles. The fourth-order valence-corrected chi connectivity index (χ4v) is 4.49. The van der Waals surface area contributed by atoms with Crippen LogP contribution in [0.15, 0.2) is 51.5 Å².